The van der Waals surface area contributed by atoms with Gasteiger partial charge in [-0.25, -0.2) is 0 Å². The summed E-state index contributed by atoms with van der Waals surface area (Å²) in [4.78, 5) is 12.3. The third kappa shape index (κ3) is 7.84. The first kappa shape index (κ1) is 34.3. The zero-order valence-corrected chi connectivity index (χ0v) is 23.4. The molecule has 0 aromatic heterocycles. The molecular formula is C23H40N2O15S. The third-order valence-corrected chi connectivity index (χ3v) is 8.22. The average molecular weight is 617 g/mol. The van der Waals surface area contributed by atoms with Crippen molar-refractivity contribution < 1.29 is 74.1 Å². The number of methoxy groups -OCH3 is 1. The van der Waals surface area contributed by atoms with Crippen molar-refractivity contribution in [2.75, 3.05) is 26.1 Å². The number of carbonyl (C=O) groups is 1. The van der Waals surface area contributed by atoms with Crippen LogP contribution in [0.4, 0.5) is 0 Å². The molecule has 41 heavy (non-hydrogen) atoms. The van der Waals surface area contributed by atoms with Crippen molar-refractivity contribution in [3.05, 3.63) is 0 Å². The molecule has 3 aliphatic rings. The number of carbonyl (C=O) groups excluding carboxylic acids is 1. The fourth-order valence-electron chi connectivity index (χ4n) is 4.74. The van der Waals surface area contributed by atoms with Crippen LogP contribution in [0, 0.1) is 5.41 Å². The summed E-state index contributed by atoms with van der Waals surface area (Å²) in [6, 6.07) is -1.16. The van der Waals surface area contributed by atoms with Crippen LogP contribution in [-0.4, -0.2) is 170 Å². The number of thioether (sulfide) groups is 1. The molecule has 238 valence electrons. The topological polar surface area (TPSA) is 270 Å². The van der Waals surface area contributed by atoms with Crippen molar-refractivity contribution in [2.24, 2.45) is 0 Å². The Morgan fingerprint density at radius 3 is 1.95 bits per heavy atom. The molecule has 3 heterocycles. The van der Waals surface area contributed by atoms with E-state index in [2.05, 4.69) is 5.32 Å². The van der Waals surface area contributed by atoms with Gasteiger partial charge in [0.15, 0.2) is 18.5 Å². The van der Waals surface area contributed by atoms with Gasteiger partial charge in [-0.1, -0.05) is 0 Å². The normalized spacial score (nSPS) is 45.2. The van der Waals surface area contributed by atoms with E-state index in [0.29, 0.717) is 0 Å². The van der Waals surface area contributed by atoms with Gasteiger partial charge in [-0.05, 0) is 6.92 Å². The number of ether oxygens (including phenoxy) is 6. The highest BCUT2D eigenvalue weighted by atomic mass is 32.2. The second-order valence-electron chi connectivity index (χ2n) is 9.97. The summed E-state index contributed by atoms with van der Waals surface area (Å²) in [7, 11) is 1.29. The predicted octanol–water partition coefficient (Wildman–Crippen LogP) is -5.04. The highest BCUT2D eigenvalue weighted by Crippen LogP contribution is 2.36. The fourth-order valence-corrected chi connectivity index (χ4v) is 5.82. The second-order valence-corrected chi connectivity index (χ2v) is 11.1. The monoisotopic (exact) mass is 616 g/mol. The van der Waals surface area contributed by atoms with Gasteiger partial charge in [0, 0.05) is 6.92 Å². The third-order valence-electron chi connectivity index (χ3n) is 7.06. The van der Waals surface area contributed by atoms with Gasteiger partial charge in [0.25, 0.3) is 0 Å². The molecule has 0 aliphatic carbocycles. The van der Waals surface area contributed by atoms with E-state index in [0.717, 1.165) is 11.8 Å². The summed E-state index contributed by atoms with van der Waals surface area (Å²) >= 11 is 1.00. The zero-order valence-electron chi connectivity index (χ0n) is 22.6. The minimum absolute atomic E-state index is 0.0280. The van der Waals surface area contributed by atoms with E-state index in [9.17, 15) is 45.6 Å². The van der Waals surface area contributed by atoms with Crippen LogP contribution in [0.15, 0.2) is 0 Å². The van der Waals surface area contributed by atoms with E-state index in [1.165, 1.54) is 21.0 Å². The molecule has 17 nitrogen and oxygen atoms in total. The number of hydrogen-bond acceptors (Lipinski definition) is 17. The summed E-state index contributed by atoms with van der Waals surface area (Å²) < 4.78 is 33.9. The molecule has 0 spiro atoms. The first-order valence-electron chi connectivity index (χ1n) is 12.9. The Kier molecular flexibility index (Phi) is 12.5. The van der Waals surface area contributed by atoms with Crippen LogP contribution in [0.25, 0.3) is 0 Å². The SMILES string of the molecule is COC(=N)CS[C@@H]1O[C@@H](CO)C(OC2OC(C)C(O)C(O)C2O)C(O[C@@H]2O[C@@H](CO)C(O)C(O)C2O)C1NC(C)=O. The van der Waals surface area contributed by atoms with Crippen molar-refractivity contribution in [2.45, 2.75) is 105 Å². The fraction of sp³-hybridized carbons (Fsp3) is 0.913. The zero-order chi connectivity index (χ0) is 30.6. The van der Waals surface area contributed by atoms with Crippen molar-refractivity contribution in [3.63, 3.8) is 0 Å². The van der Waals surface area contributed by atoms with Crippen LogP contribution in [0.3, 0.4) is 0 Å². The molecule has 15 atom stereocenters. The molecule has 0 radical (unpaired) electrons. The summed E-state index contributed by atoms with van der Waals surface area (Å²) in [6.45, 7) is 1.18. The van der Waals surface area contributed by atoms with Crippen LogP contribution in [0.5, 0.6) is 0 Å². The van der Waals surface area contributed by atoms with Crippen molar-refractivity contribution in [1.82, 2.24) is 5.32 Å². The maximum absolute atomic E-state index is 12.3. The molecule has 10 N–H and O–H groups in total. The molecule has 0 aromatic carbocycles. The number of nitrogens with one attached hydrogen (secondary N) is 2. The smallest absolute Gasteiger partial charge is 0.217 e. The van der Waals surface area contributed by atoms with Gasteiger partial charge in [-0.3, -0.25) is 10.2 Å². The van der Waals surface area contributed by atoms with Crippen LogP contribution >= 0.6 is 11.8 Å². The van der Waals surface area contributed by atoms with E-state index in [4.69, 9.17) is 33.8 Å². The lowest BCUT2D eigenvalue weighted by Gasteiger charge is -2.50. The van der Waals surface area contributed by atoms with E-state index in [1.807, 2.05) is 0 Å². The Morgan fingerprint density at radius 1 is 0.829 bits per heavy atom. The molecule has 11 unspecified atom stereocenters. The van der Waals surface area contributed by atoms with E-state index < -0.39 is 110 Å². The molecule has 1 amide bonds. The Hall–Kier alpha value is -1.23. The highest BCUT2D eigenvalue weighted by Gasteiger charge is 2.54. The Labute approximate surface area is 239 Å². The second kappa shape index (κ2) is 15.0. The Balaban J connectivity index is 1.99. The average Bonchev–Trinajstić information content (AvgIpc) is 2.95. The number of hydrogen-bond donors (Lipinski definition) is 10. The standard InChI is InChI=1S/C23H40N2O15S/c1-7-13(29)15(31)17(33)21(36-7)39-19-10(5-27)38-23(41-6-11(24)35-3)12(25-8(2)28)20(19)40-22-18(34)16(32)14(30)9(4-26)37-22/h7,9-10,12-24,26-27,29-34H,4-6H2,1-3H3,(H,25,28)/t7?,9-,10-,12?,13?,14?,15?,16?,17?,18?,19?,20?,21?,22-,23-/m0/s1. The predicted molar refractivity (Wildman–Crippen MR) is 136 cm³/mol. The van der Waals surface area contributed by atoms with Gasteiger partial charge in [0.1, 0.15) is 66.5 Å². The quantitative estimate of drug-likeness (QED) is 0.0812. The summed E-state index contributed by atoms with van der Waals surface area (Å²) in [5.41, 5.74) is -1.02. The van der Waals surface area contributed by atoms with Crippen LogP contribution in [0.2, 0.25) is 0 Å². The first-order chi connectivity index (χ1) is 19.3. The molecule has 3 aliphatic heterocycles. The summed E-state index contributed by atoms with van der Waals surface area (Å²) in [6.07, 6.45) is -19.9. The summed E-state index contributed by atoms with van der Waals surface area (Å²) in [5, 5.41) is 92.3. The van der Waals surface area contributed by atoms with Crippen molar-refractivity contribution in [1.29, 1.82) is 5.41 Å². The van der Waals surface area contributed by atoms with Crippen LogP contribution in [0.1, 0.15) is 13.8 Å². The van der Waals surface area contributed by atoms with E-state index >= 15 is 0 Å². The molecule has 0 saturated carbocycles. The molecule has 3 saturated heterocycles. The van der Waals surface area contributed by atoms with Crippen LogP contribution < -0.4 is 5.32 Å². The number of rotatable bonds is 10. The number of aliphatic hydroxyl groups is 8. The van der Waals surface area contributed by atoms with Crippen molar-refractivity contribution in [3.8, 4) is 0 Å². The maximum Gasteiger partial charge on any atom is 0.217 e. The lowest BCUT2D eigenvalue weighted by Crippen LogP contribution is -2.69. The minimum atomic E-state index is -1.84. The molecular weight excluding hydrogens is 576 g/mol. The maximum atomic E-state index is 12.3. The molecule has 3 rings (SSSR count). The largest absolute Gasteiger partial charge is 0.484 e. The van der Waals surface area contributed by atoms with Gasteiger partial charge < -0.3 is 74.6 Å². The molecule has 0 bridgehead atoms. The molecule has 3 fully saturated rings. The lowest BCUT2D eigenvalue weighted by molar-refractivity contribution is -0.357. The van der Waals surface area contributed by atoms with E-state index in [-0.39, 0.29) is 11.7 Å². The number of amides is 1. The first-order valence-corrected chi connectivity index (χ1v) is 14.0. The van der Waals surface area contributed by atoms with Gasteiger partial charge in [-0.2, -0.15) is 0 Å². The van der Waals surface area contributed by atoms with Gasteiger partial charge in [0.05, 0.1) is 38.2 Å². The van der Waals surface area contributed by atoms with Crippen LogP contribution in [-0.2, 0) is 33.2 Å². The molecule has 0 aromatic rings. The van der Waals surface area contributed by atoms with Crippen molar-refractivity contribution >= 4 is 23.6 Å². The minimum Gasteiger partial charge on any atom is -0.484 e. The summed E-state index contributed by atoms with van der Waals surface area (Å²) in [5.74, 6) is -0.721. The van der Waals surface area contributed by atoms with E-state index in [1.54, 1.807) is 0 Å². The van der Waals surface area contributed by atoms with Gasteiger partial charge >= 0.3 is 0 Å². The van der Waals surface area contributed by atoms with Gasteiger partial charge in [0.2, 0.25) is 5.91 Å². The lowest BCUT2D eigenvalue weighted by atomic mass is 9.95. The van der Waals surface area contributed by atoms with Gasteiger partial charge in [-0.15, -0.1) is 11.8 Å². The Bertz CT molecular complexity index is 873. The highest BCUT2D eigenvalue weighted by molar-refractivity contribution is 8.00. The molecule has 18 heteroatoms. The number of aliphatic hydroxyl groups excluding tert-OH is 8. The Morgan fingerprint density at radius 2 is 1.39 bits per heavy atom.